The van der Waals surface area contributed by atoms with E-state index in [-0.39, 0.29) is 55.7 Å². The van der Waals surface area contributed by atoms with E-state index in [1.54, 1.807) is 109 Å². The van der Waals surface area contributed by atoms with Gasteiger partial charge in [0.2, 0.25) is 10.9 Å². The summed E-state index contributed by atoms with van der Waals surface area (Å²) in [6.45, 7) is 0. The first-order valence-corrected chi connectivity index (χ1v) is 14.2. The Hall–Kier alpha value is -6.54. The summed E-state index contributed by atoms with van der Waals surface area (Å²) in [5, 5.41) is 21.4. The molecule has 222 valence electrons. The molecule has 0 bridgehead atoms. The second-order valence-corrected chi connectivity index (χ2v) is 10.5. The van der Waals surface area contributed by atoms with Gasteiger partial charge in [0.15, 0.2) is 0 Å². The number of aromatic carboxylic acids is 2. The molecule has 0 aliphatic carbocycles. The van der Waals surface area contributed by atoms with E-state index in [4.69, 9.17) is 8.83 Å². The van der Waals surface area contributed by atoms with Crippen LogP contribution in [0.2, 0.25) is 0 Å². The first-order chi connectivity index (χ1) is 22.3. The molecule has 0 aliphatic rings. The Balaban J connectivity index is 1.76. The minimum atomic E-state index is -1.44. The van der Waals surface area contributed by atoms with Crippen molar-refractivity contribution in [3.05, 3.63) is 153 Å². The molecule has 2 N–H and O–H groups in total. The second kappa shape index (κ2) is 11.2. The summed E-state index contributed by atoms with van der Waals surface area (Å²) in [6, 6.07) is 32.5. The minimum Gasteiger partial charge on any atom is -0.478 e. The summed E-state index contributed by atoms with van der Waals surface area (Å²) in [5.74, 6) is -2.85. The van der Waals surface area contributed by atoms with E-state index in [0.717, 1.165) is 12.1 Å². The topological polar surface area (TPSA) is 135 Å². The van der Waals surface area contributed by atoms with Gasteiger partial charge in [-0.1, -0.05) is 84.9 Å². The maximum atomic E-state index is 14.5. The number of fused-ring (bicyclic) bond motifs is 2. The van der Waals surface area contributed by atoms with E-state index in [9.17, 15) is 29.4 Å². The number of benzene rings is 5. The monoisotopic (exact) mass is 606 g/mol. The molecule has 0 atom stereocenters. The first kappa shape index (κ1) is 28.2. The van der Waals surface area contributed by atoms with Gasteiger partial charge in [-0.3, -0.25) is 9.59 Å². The van der Waals surface area contributed by atoms with E-state index >= 15 is 0 Å². The Kier molecular flexibility index (Phi) is 6.87. The summed E-state index contributed by atoms with van der Waals surface area (Å²) >= 11 is 0. The zero-order chi connectivity index (χ0) is 31.9. The van der Waals surface area contributed by atoms with Crippen LogP contribution in [-0.4, -0.2) is 22.2 Å². The predicted octanol–water partition coefficient (Wildman–Crippen LogP) is 7.96. The first-order valence-electron chi connectivity index (χ1n) is 14.2. The van der Waals surface area contributed by atoms with Crippen LogP contribution in [0.25, 0.3) is 66.8 Å². The summed E-state index contributed by atoms with van der Waals surface area (Å²) in [4.78, 5) is 54.9. The van der Waals surface area contributed by atoms with Gasteiger partial charge >= 0.3 is 11.9 Å². The zero-order valence-electron chi connectivity index (χ0n) is 23.9. The van der Waals surface area contributed by atoms with Crippen LogP contribution in [0.5, 0.6) is 0 Å². The maximum Gasteiger partial charge on any atom is 0.336 e. The standard InChI is InChI=1S/C38H22O8/c39-33-23-15-7-9-17-27(23)45-35(21-11-3-1-4-12-21)31(33)29-25(37(41)42)19-20-26(38(43)44)30(29)32-34(40)24-16-8-10-18-28(24)46-36(32)22-13-5-2-6-14-22/h1-20H,(H,41,42)(H,43,44). The summed E-state index contributed by atoms with van der Waals surface area (Å²) in [7, 11) is 0. The molecule has 7 rings (SSSR count). The van der Waals surface area contributed by atoms with Gasteiger partial charge in [0.1, 0.15) is 22.7 Å². The number of carboxylic acid groups (broad SMARTS) is 2. The van der Waals surface area contributed by atoms with Gasteiger partial charge in [-0.05, 0) is 36.4 Å². The lowest BCUT2D eigenvalue weighted by atomic mass is 9.83. The smallest absolute Gasteiger partial charge is 0.336 e. The van der Waals surface area contributed by atoms with E-state index in [2.05, 4.69) is 0 Å². The van der Waals surface area contributed by atoms with Gasteiger partial charge < -0.3 is 19.0 Å². The van der Waals surface area contributed by atoms with E-state index in [0.29, 0.717) is 11.1 Å². The van der Waals surface area contributed by atoms with Crippen LogP contribution in [-0.2, 0) is 0 Å². The molecular formula is C38H22O8. The molecule has 0 radical (unpaired) electrons. The van der Waals surface area contributed by atoms with E-state index in [1.807, 2.05) is 0 Å². The molecule has 0 saturated carbocycles. The van der Waals surface area contributed by atoms with E-state index in [1.165, 1.54) is 0 Å². The van der Waals surface area contributed by atoms with Crippen molar-refractivity contribution in [2.75, 3.05) is 0 Å². The third kappa shape index (κ3) is 4.56. The molecule has 5 aromatic carbocycles. The van der Waals surface area contributed by atoms with Gasteiger partial charge in [-0.15, -0.1) is 0 Å². The number of hydrogen-bond donors (Lipinski definition) is 2. The lowest BCUT2D eigenvalue weighted by Crippen LogP contribution is -2.17. The molecule has 0 aliphatic heterocycles. The van der Waals surface area contributed by atoms with Gasteiger partial charge in [0.05, 0.1) is 33.0 Å². The Morgan fingerprint density at radius 2 is 0.783 bits per heavy atom. The average molecular weight is 607 g/mol. The van der Waals surface area contributed by atoms with Crippen LogP contribution in [0.1, 0.15) is 20.7 Å². The highest BCUT2D eigenvalue weighted by molar-refractivity contribution is 6.12. The van der Waals surface area contributed by atoms with Crippen molar-refractivity contribution in [3.63, 3.8) is 0 Å². The Morgan fingerprint density at radius 3 is 1.15 bits per heavy atom. The van der Waals surface area contributed by atoms with E-state index < -0.39 is 33.9 Å². The molecule has 8 heteroatoms. The Morgan fingerprint density at radius 1 is 0.435 bits per heavy atom. The highest BCUT2D eigenvalue weighted by Crippen LogP contribution is 2.44. The number of rotatable bonds is 6. The number of carboxylic acids is 2. The molecule has 2 aromatic heterocycles. The molecule has 8 nitrogen and oxygen atoms in total. The third-order valence-electron chi connectivity index (χ3n) is 7.83. The quantitative estimate of drug-likeness (QED) is 0.195. The van der Waals surface area contributed by atoms with Gasteiger partial charge in [-0.25, -0.2) is 9.59 Å². The lowest BCUT2D eigenvalue weighted by Gasteiger charge is -2.20. The molecule has 0 unspecified atom stereocenters. The number of carbonyl (C=O) groups is 2. The molecule has 7 aromatic rings. The molecule has 2 heterocycles. The fourth-order valence-corrected chi connectivity index (χ4v) is 5.80. The van der Waals surface area contributed by atoms with Crippen molar-refractivity contribution < 1.29 is 28.6 Å². The van der Waals surface area contributed by atoms with Crippen molar-refractivity contribution >= 4 is 33.9 Å². The van der Waals surface area contributed by atoms with Crippen molar-refractivity contribution in [2.45, 2.75) is 0 Å². The molecule has 0 fully saturated rings. The highest BCUT2D eigenvalue weighted by Gasteiger charge is 2.32. The molecule has 0 spiro atoms. The lowest BCUT2D eigenvalue weighted by molar-refractivity contribution is 0.0682. The number of hydrogen-bond acceptors (Lipinski definition) is 6. The van der Waals surface area contributed by atoms with Crippen LogP contribution in [0.15, 0.2) is 140 Å². The molecule has 0 amide bonds. The minimum absolute atomic E-state index is 0.0158. The summed E-state index contributed by atoms with van der Waals surface area (Å²) < 4.78 is 12.6. The maximum absolute atomic E-state index is 14.5. The molecular weight excluding hydrogens is 584 g/mol. The van der Waals surface area contributed by atoms with Crippen LogP contribution in [0, 0.1) is 0 Å². The Bertz CT molecular complexity index is 2280. The zero-order valence-corrected chi connectivity index (χ0v) is 23.9. The summed E-state index contributed by atoms with van der Waals surface area (Å²) in [6.07, 6.45) is 0. The van der Waals surface area contributed by atoms with Crippen LogP contribution in [0.4, 0.5) is 0 Å². The van der Waals surface area contributed by atoms with Crippen molar-refractivity contribution in [3.8, 4) is 44.9 Å². The Labute approximate surface area is 260 Å². The predicted molar refractivity (Wildman–Crippen MR) is 174 cm³/mol. The van der Waals surface area contributed by atoms with Gasteiger partial charge in [0.25, 0.3) is 0 Å². The second-order valence-electron chi connectivity index (χ2n) is 10.5. The SMILES string of the molecule is O=C(O)c1ccc(C(=O)O)c(-c2c(-c3ccccc3)oc3ccccc3c2=O)c1-c1c(-c2ccccc2)oc2ccccc2c1=O. The van der Waals surface area contributed by atoms with Crippen molar-refractivity contribution in [1.82, 2.24) is 0 Å². The fourth-order valence-electron chi connectivity index (χ4n) is 5.80. The normalized spacial score (nSPS) is 11.1. The van der Waals surface area contributed by atoms with Crippen molar-refractivity contribution in [1.29, 1.82) is 0 Å². The van der Waals surface area contributed by atoms with Crippen LogP contribution in [0.3, 0.4) is 0 Å². The van der Waals surface area contributed by atoms with Gasteiger partial charge in [0, 0.05) is 22.3 Å². The largest absolute Gasteiger partial charge is 0.478 e. The fraction of sp³-hybridized carbons (Fsp3) is 0. The average Bonchev–Trinajstić information content (AvgIpc) is 3.08. The molecule has 0 saturated heterocycles. The summed E-state index contributed by atoms with van der Waals surface area (Å²) in [5.41, 5.74) is -1.56. The highest BCUT2D eigenvalue weighted by atomic mass is 16.4. The molecule has 46 heavy (non-hydrogen) atoms. The van der Waals surface area contributed by atoms with Crippen LogP contribution >= 0.6 is 0 Å². The number of para-hydroxylation sites is 2. The van der Waals surface area contributed by atoms with Crippen molar-refractivity contribution in [2.24, 2.45) is 0 Å². The van der Waals surface area contributed by atoms with Gasteiger partial charge in [-0.2, -0.15) is 0 Å². The van der Waals surface area contributed by atoms with Crippen LogP contribution < -0.4 is 10.9 Å². The third-order valence-corrected chi connectivity index (χ3v) is 7.83.